The number of carbonyl (C=O) groups is 1. The Balaban J connectivity index is 1.93. The highest BCUT2D eigenvalue weighted by molar-refractivity contribution is 7.10. The molecule has 0 aromatic carbocycles. The van der Waals surface area contributed by atoms with Gasteiger partial charge in [0.25, 0.3) is 0 Å². The smallest absolute Gasteiger partial charge is 0.166 e. The van der Waals surface area contributed by atoms with Gasteiger partial charge in [-0.1, -0.05) is 6.07 Å². The summed E-state index contributed by atoms with van der Waals surface area (Å²) in [6, 6.07) is 3.98. The van der Waals surface area contributed by atoms with Crippen LogP contribution in [0.4, 0.5) is 0 Å². The molecule has 0 N–H and O–H groups in total. The Morgan fingerprint density at radius 3 is 3.00 bits per heavy atom. The summed E-state index contributed by atoms with van der Waals surface area (Å²) in [4.78, 5) is 12.9. The topological polar surface area (TPSA) is 26.3 Å². The van der Waals surface area contributed by atoms with Gasteiger partial charge in [0.15, 0.2) is 5.78 Å². The second-order valence-corrected chi connectivity index (χ2v) is 4.75. The van der Waals surface area contributed by atoms with Crippen molar-refractivity contribution in [3.8, 4) is 0 Å². The van der Waals surface area contributed by atoms with E-state index < -0.39 is 0 Å². The van der Waals surface area contributed by atoms with E-state index in [1.165, 1.54) is 0 Å². The van der Waals surface area contributed by atoms with Crippen molar-refractivity contribution in [1.82, 2.24) is 0 Å². The van der Waals surface area contributed by atoms with Gasteiger partial charge in [-0.15, -0.1) is 11.3 Å². The van der Waals surface area contributed by atoms with Crippen molar-refractivity contribution in [2.45, 2.75) is 25.4 Å². The van der Waals surface area contributed by atoms with Crippen molar-refractivity contribution in [2.75, 3.05) is 7.11 Å². The minimum atomic E-state index is -0.155. The molecule has 3 heteroatoms. The lowest BCUT2D eigenvalue weighted by molar-refractivity contribution is -0.129. The quantitative estimate of drug-likeness (QED) is 0.745. The van der Waals surface area contributed by atoms with Crippen molar-refractivity contribution in [3.63, 3.8) is 0 Å². The van der Waals surface area contributed by atoms with Crippen LogP contribution in [-0.4, -0.2) is 19.0 Å². The number of methoxy groups -OCH3 is 1. The lowest BCUT2D eigenvalue weighted by Crippen LogP contribution is -2.26. The number of ketones is 1. The van der Waals surface area contributed by atoms with E-state index >= 15 is 0 Å². The Hall–Kier alpha value is -0.670. The Morgan fingerprint density at radius 1 is 1.71 bits per heavy atom. The van der Waals surface area contributed by atoms with E-state index in [0.717, 1.165) is 17.7 Å². The molecule has 1 atom stereocenters. The van der Waals surface area contributed by atoms with Crippen LogP contribution < -0.4 is 0 Å². The number of carbonyl (C=O) groups excluding carboxylic acids is 1. The maximum Gasteiger partial charge on any atom is 0.166 e. The summed E-state index contributed by atoms with van der Waals surface area (Å²) in [6.07, 6.45) is 2.67. The first-order chi connectivity index (χ1) is 6.81. The van der Waals surface area contributed by atoms with E-state index in [1.54, 1.807) is 18.4 Å². The van der Waals surface area contributed by atoms with E-state index in [0.29, 0.717) is 12.3 Å². The second kappa shape index (κ2) is 4.24. The highest BCUT2D eigenvalue weighted by Crippen LogP contribution is 2.35. The molecule has 0 aliphatic heterocycles. The zero-order valence-corrected chi connectivity index (χ0v) is 9.05. The molecule has 2 rings (SSSR count). The Kier molecular flexibility index (Phi) is 2.99. The fourth-order valence-corrected chi connectivity index (χ4v) is 2.39. The van der Waals surface area contributed by atoms with Gasteiger partial charge in [0.1, 0.15) is 6.10 Å². The highest BCUT2D eigenvalue weighted by Gasteiger charge is 2.35. The number of rotatable bonds is 5. The average Bonchev–Trinajstić information content (AvgIpc) is 2.86. The standard InChI is InChI=1S/C11H14O2S/c1-13-11(8-4-5-8)10(12)7-9-3-2-6-14-9/h2-3,6,8,11H,4-5,7H2,1H3. The van der Waals surface area contributed by atoms with Gasteiger partial charge in [0.05, 0.1) is 0 Å². The molecule has 0 bridgehead atoms. The van der Waals surface area contributed by atoms with Crippen LogP contribution in [0.2, 0.25) is 0 Å². The molecule has 1 saturated carbocycles. The predicted octanol–water partition coefficient (Wildman–Crippen LogP) is 2.28. The number of hydrogen-bond donors (Lipinski definition) is 0. The molecule has 76 valence electrons. The minimum Gasteiger partial charge on any atom is -0.373 e. The summed E-state index contributed by atoms with van der Waals surface area (Å²) in [5.41, 5.74) is 0. The zero-order chi connectivity index (χ0) is 9.97. The van der Waals surface area contributed by atoms with Gasteiger partial charge in [0, 0.05) is 18.4 Å². The van der Waals surface area contributed by atoms with Crippen molar-refractivity contribution in [2.24, 2.45) is 5.92 Å². The molecule has 0 amide bonds. The summed E-state index contributed by atoms with van der Waals surface area (Å²) in [7, 11) is 1.63. The third kappa shape index (κ3) is 2.22. The lowest BCUT2D eigenvalue weighted by Gasteiger charge is -2.11. The zero-order valence-electron chi connectivity index (χ0n) is 8.23. The first kappa shape index (κ1) is 9.87. The Morgan fingerprint density at radius 2 is 2.50 bits per heavy atom. The van der Waals surface area contributed by atoms with E-state index in [9.17, 15) is 4.79 Å². The third-order valence-electron chi connectivity index (χ3n) is 2.55. The number of ether oxygens (including phenoxy) is 1. The largest absolute Gasteiger partial charge is 0.373 e. The molecule has 0 saturated heterocycles. The van der Waals surface area contributed by atoms with Crippen LogP contribution in [0.3, 0.4) is 0 Å². The fraction of sp³-hybridized carbons (Fsp3) is 0.545. The molecule has 0 spiro atoms. The number of Topliss-reactive ketones (excluding diaryl/α,β-unsaturated/α-hetero) is 1. The van der Waals surface area contributed by atoms with Crippen molar-refractivity contribution in [3.05, 3.63) is 22.4 Å². The van der Waals surface area contributed by atoms with Gasteiger partial charge in [-0.2, -0.15) is 0 Å². The third-order valence-corrected chi connectivity index (χ3v) is 3.43. The van der Waals surface area contributed by atoms with Crippen molar-refractivity contribution < 1.29 is 9.53 Å². The number of thiophene rings is 1. The van der Waals surface area contributed by atoms with Gasteiger partial charge in [-0.25, -0.2) is 0 Å². The van der Waals surface area contributed by atoms with Gasteiger partial charge in [-0.05, 0) is 30.2 Å². The summed E-state index contributed by atoms with van der Waals surface area (Å²) >= 11 is 1.63. The maximum absolute atomic E-state index is 11.8. The van der Waals surface area contributed by atoms with Gasteiger partial charge in [-0.3, -0.25) is 4.79 Å². The van der Waals surface area contributed by atoms with E-state index in [2.05, 4.69) is 0 Å². The predicted molar refractivity (Wildman–Crippen MR) is 56.6 cm³/mol. The van der Waals surface area contributed by atoms with Gasteiger partial charge < -0.3 is 4.74 Å². The normalized spacial score (nSPS) is 18.1. The van der Waals surface area contributed by atoms with Crippen LogP contribution in [0.25, 0.3) is 0 Å². The summed E-state index contributed by atoms with van der Waals surface area (Å²) in [5, 5.41) is 2.00. The molecule has 1 aliphatic rings. The molecule has 1 aliphatic carbocycles. The molecule has 2 nitrogen and oxygen atoms in total. The van der Waals surface area contributed by atoms with Gasteiger partial charge in [0.2, 0.25) is 0 Å². The van der Waals surface area contributed by atoms with Crippen LogP contribution in [0.1, 0.15) is 17.7 Å². The number of hydrogen-bond acceptors (Lipinski definition) is 3. The maximum atomic E-state index is 11.8. The molecule has 1 heterocycles. The molecular weight excluding hydrogens is 196 g/mol. The van der Waals surface area contributed by atoms with Gasteiger partial charge >= 0.3 is 0 Å². The molecule has 1 aromatic rings. The van der Waals surface area contributed by atoms with E-state index in [1.807, 2.05) is 17.5 Å². The van der Waals surface area contributed by atoms with E-state index in [4.69, 9.17) is 4.74 Å². The average molecular weight is 210 g/mol. The first-order valence-electron chi connectivity index (χ1n) is 4.89. The SMILES string of the molecule is COC(C(=O)Cc1cccs1)C1CC1. The van der Waals surface area contributed by atoms with Crippen LogP contribution in [0, 0.1) is 5.92 Å². The van der Waals surface area contributed by atoms with Crippen molar-refractivity contribution in [1.29, 1.82) is 0 Å². The van der Waals surface area contributed by atoms with E-state index in [-0.39, 0.29) is 11.9 Å². The van der Waals surface area contributed by atoms with Crippen molar-refractivity contribution >= 4 is 17.1 Å². The Bertz CT molecular complexity index is 301. The molecular formula is C11H14O2S. The second-order valence-electron chi connectivity index (χ2n) is 3.72. The van der Waals surface area contributed by atoms with Crippen LogP contribution in [-0.2, 0) is 16.0 Å². The minimum absolute atomic E-state index is 0.155. The fourth-order valence-electron chi connectivity index (χ4n) is 1.67. The lowest BCUT2D eigenvalue weighted by atomic mass is 10.1. The summed E-state index contributed by atoms with van der Waals surface area (Å²) in [5.74, 6) is 0.727. The van der Waals surface area contributed by atoms with Crippen LogP contribution >= 0.6 is 11.3 Å². The van der Waals surface area contributed by atoms with Crippen LogP contribution in [0.5, 0.6) is 0 Å². The molecule has 0 radical (unpaired) electrons. The summed E-state index contributed by atoms with van der Waals surface area (Å²) in [6.45, 7) is 0. The summed E-state index contributed by atoms with van der Waals surface area (Å²) < 4.78 is 5.24. The highest BCUT2D eigenvalue weighted by atomic mass is 32.1. The molecule has 1 unspecified atom stereocenters. The molecule has 14 heavy (non-hydrogen) atoms. The Labute approximate surface area is 87.9 Å². The molecule has 1 fully saturated rings. The first-order valence-corrected chi connectivity index (χ1v) is 5.77. The van der Waals surface area contributed by atoms with Crippen LogP contribution in [0.15, 0.2) is 17.5 Å². The molecule has 1 aromatic heterocycles. The monoisotopic (exact) mass is 210 g/mol.